The first-order valence-electron chi connectivity index (χ1n) is 21.9. The molecule has 0 saturated heterocycles. The van der Waals surface area contributed by atoms with Gasteiger partial charge in [0.15, 0.2) is 17.5 Å². The van der Waals surface area contributed by atoms with Crippen LogP contribution in [-0.4, -0.2) is 15.0 Å². The van der Waals surface area contributed by atoms with Crippen LogP contribution in [0.3, 0.4) is 0 Å². The van der Waals surface area contributed by atoms with E-state index in [4.69, 9.17) is 19.4 Å². The van der Waals surface area contributed by atoms with E-state index in [-0.39, 0.29) is 0 Å². The molecule has 0 spiro atoms. The molecule has 2 aromatic heterocycles. The Bertz CT molecular complexity index is 3670. The molecule has 0 aliphatic carbocycles. The molecule has 0 aliphatic heterocycles. The van der Waals surface area contributed by atoms with Gasteiger partial charge in [-0.25, -0.2) is 15.0 Å². The van der Waals surface area contributed by atoms with Gasteiger partial charge in [0.1, 0.15) is 11.2 Å². The lowest BCUT2D eigenvalue weighted by molar-refractivity contribution is 0.670. The number of rotatable bonds is 8. The van der Waals surface area contributed by atoms with E-state index in [1.54, 1.807) is 0 Å². The number of hydrogen-bond donors (Lipinski definition) is 0. The highest BCUT2D eigenvalue weighted by molar-refractivity contribution is 6.15. The SMILES string of the molecule is c1ccc(-c2ccc(-c3ccc(-c4nc(-c5ccc(-c6cccc7ccccc67)cc5)nc(-c5cccc6oc7c(-c8cccc(-c9ccccc9)c8)cccc7c56)n4)cc3)cc2)cc1. The summed E-state index contributed by atoms with van der Waals surface area (Å²) in [7, 11) is 0. The predicted octanol–water partition coefficient (Wildman–Crippen LogP) is 16.3. The van der Waals surface area contributed by atoms with Crippen LogP contribution in [0.1, 0.15) is 0 Å². The highest BCUT2D eigenvalue weighted by Gasteiger charge is 2.20. The summed E-state index contributed by atoms with van der Waals surface area (Å²) in [6.07, 6.45) is 0. The summed E-state index contributed by atoms with van der Waals surface area (Å²) in [5.41, 5.74) is 15.7. The molecule has 0 bridgehead atoms. The van der Waals surface area contributed by atoms with Crippen LogP contribution in [0.2, 0.25) is 0 Å². The van der Waals surface area contributed by atoms with Gasteiger partial charge in [-0.05, 0) is 73.0 Å². The normalized spacial score (nSPS) is 11.4. The number of aromatic nitrogens is 3. The quantitative estimate of drug-likeness (QED) is 0.153. The average molecular weight is 830 g/mol. The maximum atomic E-state index is 6.78. The lowest BCUT2D eigenvalue weighted by Crippen LogP contribution is -2.00. The largest absolute Gasteiger partial charge is 0.455 e. The van der Waals surface area contributed by atoms with Crippen molar-refractivity contribution in [2.24, 2.45) is 0 Å². The monoisotopic (exact) mass is 829 g/mol. The van der Waals surface area contributed by atoms with Crippen molar-refractivity contribution in [1.82, 2.24) is 15.0 Å². The van der Waals surface area contributed by atoms with Crippen LogP contribution in [0.25, 0.3) is 123 Å². The van der Waals surface area contributed by atoms with Crippen LogP contribution in [0.15, 0.2) is 241 Å². The number of furan rings is 1. The Hall–Kier alpha value is -8.73. The Morgan fingerprint density at radius 2 is 0.692 bits per heavy atom. The smallest absolute Gasteiger partial charge is 0.164 e. The maximum Gasteiger partial charge on any atom is 0.164 e. The van der Waals surface area contributed by atoms with Crippen molar-refractivity contribution in [2.75, 3.05) is 0 Å². The summed E-state index contributed by atoms with van der Waals surface area (Å²) >= 11 is 0. The van der Waals surface area contributed by atoms with E-state index in [0.29, 0.717) is 17.5 Å². The van der Waals surface area contributed by atoms with Crippen molar-refractivity contribution in [3.63, 3.8) is 0 Å². The second kappa shape index (κ2) is 16.2. The average Bonchev–Trinajstić information content (AvgIpc) is 3.79. The van der Waals surface area contributed by atoms with Gasteiger partial charge in [-0.2, -0.15) is 0 Å². The third-order valence-corrected chi connectivity index (χ3v) is 12.4. The highest BCUT2D eigenvalue weighted by atomic mass is 16.3. The molecule has 4 heteroatoms. The number of fused-ring (bicyclic) bond motifs is 4. The van der Waals surface area contributed by atoms with Crippen LogP contribution in [-0.2, 0) is 0 Å². The maximum absolute atomic E-state index is 6.78. The number of nitrogens with zero attached hydrogens (tertiary/aromatic N) is 3. The molecule has 0 unspecified atom stereocenters. The van der Waals surface area contributed by atoms with E-state index >= 15 is 0 Å². The molecule has 0 saturated carbocycles. The molecule has 0 aliphatic rings. The molecular weight excluding hydrogens is 791 g/mol. The molecule has 2 heterocycles. The van der Waals surface area contributed by atoms with Gasteiger partial charge in [-0.1, -0.05) is 224 Å². The number of benzene rings is 10. The number of hydrogen-bond acceptors (Lipinski definition) is 4. The van der Waals surface area contributed by atoms with Gasteiger partial charge in [0.25, 0.3) is 0 Å². The molecule has 10 aromatic carbocycles. The lowest BCUT2D eigenvalue weighted by atomic mass is 9.97. The second-order valence-corrected chi connectivity index (χ2v) is 16.3. The minimum Gasteiger partial charge on any atom is -0.455 e. The van der Waals surface area contributed by atoms with E-state index in [2.05, 4.69) is 212 Å². The van der Waals surface area contributed by atoms with Crippen molar-refractivity contribution in [2.45, 2.75) is 0 Å². The molecule has 12 rings (SSSR count). The zero-order valence-corrected chi connectivity index (χ0v) is 35.3. The third kappa shape index (κ3) is 7.13. The Labute approximate surface area is 376 Å². The van der Waals surface area contributed by atoms with E-state index < -0.39 is 0 Å². The second-order valence-electron chi connectivity index (χ2n) is 16.3. The first kappa shape index (κ1) is 38.0. The van der Waals surface area contributed by atoms with E-state index in [9.17, 15) is 0 Å². The third-order valence-electron chi connectivity index (χ3n) is 12.4. The molecular formula is C61H39N3O. The molecule has 0 N–H and O–H groups in total. The molecule has 304 valence electrons. The van der Waals surface area contributed by atoms with Crippen LogP contribution >= 0.6 is 0 Å². The number of para-hydroxylation sites is 1. The summed E-state index contributed by atoms with van der Waals surface area (Å²) in [5, 5.41) is 4.40. The first-order valence-corrected chi connectivity index (χ1v) is 21.9. The van der Waals surface area contributed by atoms with Crippen molar-refractivity contribution >= 4 is 32.7 Å². The fourth-order valence-corrected chi connectivity index (χ4v) is 9.09. The van der Waals surface area contributed by atoms with E-state index in [1.807, 2.05) is 24.3 Å². The van der Waals surface area contributed by atoms with Crippen molar-refractivity contribution in [3.8, 4) is 89.8 Å². The fourth-order valence-electron chi connectivity index (χ4n) is 9.09. The Balaban J connectivity index is 0.971. The summed E-state index contributed by atoms with van der Waals surface area (Å²) in [5.74, 6) is 1.77. The minimum atomic E-state index is 0.577. The topological polar surface area (TPSA) is 51.8 Å². The van der Waals surface area contributed by atoms with Gasteiger partial charge >= 0.3 is 0 Å². The van der Waals surface area contributed by atoms with Gasteiger partial charge < -0.3 is 4.42 Å². The zero-order valence-electron chi connectivity index (χ0n) is 35.3. The molecule has 12 aromatic rings. The van der Waals surface area contributed by atoms with Crippen LogP contribution in [0.5, 0.6) is 0 Å². The van der Waals surface area contributed by atoms with Crippen LogP contribution < -0.4 is 0 Å². The standard InChI is InChI=1S/C61H39N3O/c1-3-13-40(14-4-1)42-27-29-43(30-28-42)44-31-35-47(36-32-44)59-62-60(48-37-33-46(34-38-48)52-22-10-18-45-17-7-8-21-51(45)52)64-61(63-59)55-25-12-26-56-57(55)54-24-11-23-53(58(54)65-56)50-20-9-19-49(39-50)41-15-5-2-6-16-41/h1-39H. The van der Waals surface area contributed by atoms with Gasteiger partial charge in [0.05, 0.1) is 0 Å². The van der Waals surface area contributed by atoms with Gasteiger partial charge in [-0.15, -0.1) is 0 Å². The summed E-state index contributed by atoms with van der Waals surface area (Å²) in [6.45, 7) is 0. The molecule has 0 radical (unpaired) electrons. The summed E-state index contributed by atoms with van der Waals surface area (Å²) in [4.78, 5) is 15.7. The fraction of sp³-hybridized carbons (Fsp3) is 0. The predicted molar refractivity (Wildman–Crippen MR) is 268 cm³/mol. The zero-order chi connectivity index (χ0) is 43.1. The summed E-state index contributed by atoms with van der Waals surface area (Å²) in [6, 6.07) is 82.9. The molecule has 65 heavy (non-hydrogen) atoms. The molecule has 0 atom stereocenters. The van der Waals surface area contributed by atoms with Gasteiger partial charge in [-0.3, -0.25) is 0 Å². The van der Waals surface area contributed by atoms with Crippen molar-refractivity contribution in [3.05, 3.63) is 237 Å². The highest BCUT2D eigenvalue weighted by Crippen LogP contribution is 2.41. The molecule has 0 amide bonds. The Kier molecular flexibility index (Phi) is 9.46. The first-order chi connectivity index (χ1) is 32.2. The van der Waals surface area contributed by atoms with E-state index in [1.165, 1.54) is 33.0 Å². The van der Waals surface area contributed by atoms with Crippen LogP contribution in [0, 0.1) is 0 Å². The minimum absolute atomic E-state index is 0.577. The lowest BCUT2D eigenvalue weighted by Gasteiger charge is -2.11. The van der Waals surface area contributed by atoms with Crippen molar-refractivity contribution in [1.29, 1.82) is 0 Å². The Morgan fingerprint density at radius 3 is 1.37 bits per heavy atom. The molecule has 0 fully saturated rings. The van der Waals surface area contributed by atoms with Gasteiger partial charge in [0.2, 0.25) is 0 Å². The van der Waals surface area contributed by atoms with Gasteiger partial charge in [0, 0.05) is 33.0 Å². The molecule has 4 nitrogen and oxygen atoms in total. The summed E-state index contributed by atoms with van der Waals surface area (Å²) < 4.78 is 6.78. The Morgan fingerprint density at radius 1 is 0.262 bits per heavy atom. The van der Waals surface area contributed by atoms with Crippen molar-refractivity contribution < 1.29 is 4.42 Å². The van der Waals surface area contributed by atoms with Crippen LogP contribution in [0.4, 0.5) is 0 Å². The van der Waals surface area contributed by atoms with E-state index in [0.717, 1.165) is 72.0 Å².